The SMILES string of the molecule is c1ccc(-c2nc(-c3cccc4c3oc3ccccc34)nc(-c3cccc4sc5ccc(-c6ccc7c8ccccc8c8ccccc8c7c6)cc5c34)n2)cc1. The molecule has 0 saturated heterocycles. The molecule has 0 spiro atoms. The highest BCUT2D eigenvalue weighted by atomic mass is 32.1. The molecule has 56 heavy (non-hydrogen) atoms. The molecule has 0 radical (unpaired) electrons. The van der Waals surface area contributed by atoms with E-state index in [1.54, 1.807) is 11.3 Å². The van der Waals surface area contributed by atoms with Crippen molar-refractivity contribution >= 4 is 85.8 Å². The highest BCUT2D eigenvalue weighted by Gasteiger charge is 2.20. The van der Waals surface area contributed by atoms with Gasteiger partial charge in [-0.15, -0.1) is 11.3 Å². The van der Waals surface area contributed by atoms with Crippen molar-refractivity contribution in [3.05, 3.63) is 176 Å². The van der Waals surface area contributed by atoms with Crippen LogP contribution in [0.3, 0.4) is 0 Å². The summed E-state index contributed by atoms with van der Waals surface area (Å²) >= 11 is 1.80. The van der Waals surface area contributed by atoms with Gasteiger partial charge in [0.05, 0.1) is 5.56 Å². The smallest absolute Gasteiger partial charge is 0.167 e. The lowest BCUT2D eigenvalue weighted by Gasteiger charge is -2.12. The predicted molar refractivity (Wildman–Crippen MR) is 234 cm³/mol. The Morgan fingerprint density at radius 3 is 1.66 bits per heavy atom. The zero-order valence-electron chi connectivity index (χ0n) is 29.9. The van der Waals surface area contributed by atoms with Crippen molar-refractivity contribution < 1.29 is 4.42 Å². The second-order valence-corrected chi connectivity index (χ2v) is 15.4. The van der Waals surface area contributed by atoms with Gasteiger partial charge in [0.2, 0.25) is 0 Å². The summed E-state index contributed by atoms with van der Waals surface area (Å²) < 4.78 is 8.88. The topological polar surface area (TPSA) is 51.8 Å². The first kappa shape index (κ1) is 31.2. The maximum absolute atomic E-state index is 6.47. The highest BCUT2D eigenvalue weighted by molar-refractivity contribution is 7.26. The lowest BCUT2D eigenvalue weighted by atomic mass is 9.92. The van der Waals surface area contributed by atoms with Gasteiger partial charge in [-0.05, 0) is 79.8 Å². The molecule has 0 aliphatic heterocycles. The van der Waals surface area contributed by atoms with Crippen LogP contribution in [0.25, 0.3) is 120 Å². The first-order valence-corrected chi connectivity index (χ1v) is 19.6. The van der Waals surface area contributed by atoms with Gasteiger partial charge in [-0.25, -0.2) is 15.0 Å². The van der Waals surface area contributed by atoms with Crippen LogP contribution < -0.4 is 0 Å². The maximum atomic E-state index is 6.47. The summed E-state index contributed by atoms with van der Waals surface area (Å²) in [7, 11) is 0. The molecule has 5 heteroatoms. The van der Waals surface area contributed by atoms with Crippen molar-refractivity contribution in [1.82, 2.24) is 15.0 Å². The van der Waals surface area contributed by atoms with E-state index >= 15 is 0 Å². The van der Waals surface area contributed by atoms with Gasteiger partial charge in [-0.2, -0.15) is 0 Å². The van der Waals surface area contributed by atoms with Gasteiger partial charge in [-0.3, -0.25) is 0 Å². The van der Waals surface area contributed by atoms with Gasteiger partial charge < -0.3 is 4.42 Å². The van der Waals surface area contributed by atoms with Crippen molar-refractivity contribution in [2.45, 2.75) is 0 Å². The molecule has 4 nitrogen and oxygen atoms in total. The van der Waals surface area contributed by atoms with Crippen LogP contribution in [-0.4, -0.2) is 15.0 Å². The maximum Gasteiger partial charge on any atom is 0.167 e. The number of furan rings is 1. The number of thiophene rings is 1. The molecule has 0 unspecified atom stereocenters. The molecule has 0 fully saturated rings. The number of para-hydroxylation sites is 2. The van der Waals surface area contributed by atoms with E-state index in [-0.39, 0.29) is 0 Å². The summed E-state index contributed by atoms with van der Waals surface area (Å²) in [4.78, 5) is 15.5. The van der Waals surface area contributed by atoms with Gasteiger partial charge in [0.15, 0.2) is 17.5 Å². The molecule has 260 valence electrons. The van der Waals surface area contributed by atoms with Crippen LogP contribution in [0.15, 0.2) is 180 Å². The summed E-state index contributed by atoms with van der Waals surface area (Å²) in [6.07, 6.45) is 0. The van der Waals surface area contributed by atoms with E-state index in [0.717, 1.165) is 44.0 Å². The van der Waals surface area contributed by atoms with Crippen LogP contribution in [0.4, 0.5) is 0 Å². The third-order valence-electron chi connectivity index (χ3n) is 11.1. The average molecular weight is 732 g/mol. The van der Waals surface area contributed by atoms with Gasteiger partial charge in [0.1, 0.15) is 11.2 Å². The monoisotopic (exact) mass is 731 g/mol. The zero-order valence-corrected chi connectivity index (χ0v) is 30.7. The summed E-state index contributed by atoms with van der Waals surface area (Å²) in [5.74, 6) is 1.82. The van der Waals surface area contributed by atoms with Crippen LogP contribution in [-0.2, 0) is 0 Å². The minimum absolute atomic E-state index is 0.576. The van der Waals surface area contributed by atoms with E-state index < -0.39 is 0 Å². The van der Waals surface area contributed by atoms with Crippen molar-refractivity contribution in [2.75, 3.05) is 0 Å². The Morgan fingerprint density at radius 2 is 0.893 bits per heavy atom. The molecular formula is C51H29N3OS. The number of hydrogen-bond acceptors (Lipinski definition) is 5. The number of hydrogen-bond donors (Lipinski definition) is 0. The number of fused-ring (bicyclic) bond motifs is 12. The third kappa shape index (κ3) is 4.75. The molecule has 0 atom stereocenters. The Hall–Kier alpha value is -7.21. The fraction of sp³-hybridized carbons (Fsp3) is 0. The summed E-state index contributed by atoms with van der Waals surface area (Å²) in [6, 6.07) is 62.2. The Bertz CT molecular complexity index is 3510. The normalized spacial score (nSPS) is 11.9. The quantitative estimate of drug-likeness (QED) is 0.169. The van der Waals surface area contributed by atoms with Crippen LogP contribution >= 0.6 is 11.3 Å². The Morgan fingerprint density at radius 1 is 0.339 bits per heavy atom. The minimum Gasteiger partial charge on any atom is -0.455 e. The van der Waals surface area contributed by atoms with E-state index in [1.807, 2.05) is 54.6 Å². The van der Waals surface area contributed by atoms with Crippen LogP contribution in [0.1, 0.15) is 0 Å². The molecule has 12 aromatic rings. The molecule has 0 N–H and O–H groups in total. The minimum atomic E-state index is 0.576. The summed E-state index contributed by atoms with van der Waals surface area (Å²) in [5.41, 5.74) is 6.69. The number of benzene rings is 9. The molecule has 0 aliphatic rings. The fourth-order valence-corrected chi connectivity index (χ4v) is 9.65. The van der Waals surface area contributed by atoms with Gasteiger partial charge in [-0.1, -0.05) is 140 Å². The Kier molecular flexibility index (Phi) is 6.76. The highest BCUT2D eigenvalue weighted by Crippen LogP contribution is 2.43. The molecule has 0 amide bonds. The van der Waals surface area contributed by atoms with Crippen molar-refractivity contribution in [3.8, 4) is 45.3 Å². The number of rotatable bonds is 4. The lowest BCUT2D eigenvalue weighted by Crippen LogP contribution is -2.00. The summed E-state index contributed by atoms with van der Waals surface area (Å²) in [6.45, 7) is 0. The first-order valence-electron chi connectivity index (χ1n) is 18.8. The van der Waals surface area contributed by atoms with Crippen LogP contribution in [0.2, 0.25) is 0 Å². The van der Waals surface area contributed by atoms with E-state index in [4.69, 9.17) is 19.4 Å². The average Bonchev–Trinajstić information content (AvgIpc) is 3.85. The van der Waals surface area contributed by atoms with Gasteiger partial charge in [0, 0.05) is 42.1 Å². The molecule has 12 rings (SSSR count). The van der Waals surface area contributed by atoms with Crippen molar-refractivity contribution in [2.24, 2.45) is 0 Å². The molecule has 9 aromatic carbocycles. The van der Waals surface area contributed by atoms with Crippen LogP contribution in [0.5, 0.6) is 0 Å². The van der Waals surface area contributed by atoms with E-state index in [1.165, 1.54) is 58.2 Å². The Labute approximate surface area is 325 Å². The lowest BCUT2D eigenvalue weighted by molar-refractivity contribution is 0.669. The third-order valence-corrected chi connectivity index (χ3v) is 12.3. The number of nitrogens with zero attached hydrogens (tertiary/aromatic N) is 3. The first-order chi connectivity index (χ1) is 27.7. The van der Waals surface area contributed by atoms with Gasteiger partial charge >= 0.3 is 0 Å². The molecule has 0 saturated carbocycles. The van der Waals surface area contributed by atoms with E-state index in [0.29, 0.717) is 17.5 Å². The second-order valence-electron chi connectivity index (χ2n) is 14.3. The second kappa shape index (κ2) is 12.2. The van der Waals surface area contributed by atoms with Gasteiger partial charge in [0.25, 0.3) is 0 Å². The molecule has 0 bridgehead atoms. The van der Waals surface area contributed by atoms with E-state index in [2.05, 4.69) is 121 Å². The molecule has 3 heterocycles. The molecule has 0 aliphatic carbocycles. The summed E-state index contributed by atoms with van der Waals surface area (Å²) in [5, 5.41) is 12.1. The fourth-order valence-electron chi connectivity index (χ4n) is 8.54. The van der Waals surface area contributed by atoms with Crippen molar-refractivity contribution in [1.29, 1.82) is 0 Å². The predicted octanol–water partition coefficient (Wildman–Crippen LogP) is 14.3. The van der Waals surface area contributed by atoms with Crippen LogP contribution in [0, 0.1) is 0 Å². The largest absolute Gasteiger partial charge is 0.455 e. The Balaban J connectivity index is 1.07. The van der Waals surface area contributed by atoms with Crippen molar-refractivity contribution in [3.63, 3.8) is 0 Å². The zero-order chi connectivity index (χ0) is 36.7. The number of aromatic nitrogens is 3. The standard InChI is InChI=1S/C51H29N3OS/c1-2-12-30(13-3-1)49-52-50(54-51(53-49)41-21-10-19-39-38-18-8-9-22-44(38)55-48(39)41)40-20-11-23-46-47(40)43-29-32(25-27-45(43)56-46)31-24-26-37-35-16-5-4-14-33(35)34-15-6-7-17-36(34)42(37)28-31/h1-29H. The molecule has 3 aromatic heterocycles. The van der Waals surface area contributed by atoms with E-state index in [9.17, 15) is 0 Å². The molecular weight excluding hydrogens is 703 g/mol.